The van der Waals surface area contributed by atoms with E-state index < -0.39 is 5.60 Å². The first-order valence-corrected chi connectivity index (χ1v) is 4.52. The molecule has 0 aromatic carbocycles. The van der Waals surface area contributed by atoms with Crippen molar-refractivity contribution in [2.45, 2.75) is 38.8 Å². The lowest BCUT2D eigenvalue weighted by molar-refractivity contribution is -0.169. The third-order valence-corrected chi connectivity index (χ3v) is 1.99. The first kappa shape index (κ1) is 10.5. The van der Waals surface area contributed by atoms with E-state index >= 15 is 0 Å². The van der Waals surface area contributed by atoms with Crippen molar-refractivity contribution >= 4 is 5.97 Å². The van der Waals surface area contributed by atoms with Gasteiger partial charge in [0.2, 0.25) is 0 Å². The number of ether oxygens (including phenoxy) is 1. The average Bonchev–Trinajstić information content (AvgIpc) is 1.80. The van der Waals surface area contributed by atoms with Crippen LogP contribution in [0.25, 0.3) is 0 Å². The number of hydrogen-bond donors (Lipinski definition) is 1. The van der Waals surface area contributed by atoms with E-state index in [2.05, 4.69) is 0 Å². The standard InChI is InChI=1S/C9H17NO3/c1-9(2,3)13-8(12)7-4-5-10(7)6-11/h7,11H,4-6H2,1-3H3/t7-/m0/s1. The number of carbonyl (C=O) groups is 1. The zero-order valence-electron chi connectivity index (χ0n) is 8.41. The van der Waals surface area contributed by atoms with E-state index in [9.17, 15) is 4.79 Å². The van der Waals surface area contributed by atoms with Gasteiger partial charge >= 0.3 is 5.97 Å². The van der Waals surface area contributed by atoms with Crippen LogP contribution in [0.2, 0.25) is 0 Å². The molecule has 1 aliphatic heterocycles. The normalized spacial score (nSPS) is 23.8. The number of esters is 1. The van der Waals surface area contributed by atoms with Gasteiger partial charge in [-0.2, -0.15) is 0 Å². The van der Waals surface area contributed by atoms with Gasteiger partial charge in [0, 0.05) is 6.54 Å². The summed E-state index contributed by atoms with van der Waals surface area (Å²) in [6, 6.07) is -0.232. The van der Waals surface area contributed by atoms with Crippen LogP contribution in [0.1, 0.15) is 27.2 Å². The molecule has 1 aliphatic rings. The third kappa shape index (κ3) is 2.67. The monoisotopic (exact) mass is 187 g/mol. The number of likely N-dealkylation sites (tertiary alicyclic amines) is 1. The van der Waals surface area contributed by atoms with Crippen molar-refractivity contribution in [1.29, 1.82) is 0 Å². The molecule has 1 heterocycles. The Morgan fingerprint density at radius 1 is 1.62 bits per heavy atom. The van der Waals surface area contributed by atoms with E-state index in [4.69, 9.17) is 9.84 Å². The van der Waals surface area contributed by atoms with Gasteiger partial charge in [0.25, 0.3) is 0 Å². The van der Waals surface area contributed by atoms with Crippen molar-refractivity contribution in [3.8, 4) is 0 Å². The SMILES string of the molecule is CC(C)(C)OC(=O)[C@@H]1CCN1CO. The van der Waals surface area contributed by atoms with Gasteiger partial charge in [-0.25, -0.2) is 0 Å². The van der Waals surface area contributed by atoms with Crippen LogP contribution < -0.4 is 0 Å². The molecule has 0 aromatic rings. The zero-order valence-corrected chi connectivity index (χ0v) is 8.41. The number of rotatable bonds is 2. The van der Waals surface area contributed by atoms with Gasteiger partial charge in [0.15, 0.2) is 0 Å². The Labute approximate surface area is 78.5 Å². The highest BCUT2D eigenvalue weighted by molar-refractivity contribution is 5.77. The predicted molar refractivity (Wildman–Crippen MR) is 48.0 cm³/mol. The first-order valence-electron chi connectivity index (χ1n) is 4.52. The van der Waals surface area contributed by atoms with Crippen LogP contribution >= 0.6 is 0 Å². The Morgan fingerprint density at radius 3 is 2.54 bits per heavy atom. The molecule has 1 saturated heterocycles. The van der Waals surface area contributed by atoms with Gasteiger partial charge in [-0.3, -0.25) is 9.69 Å². The van der Waals surface area contributed by atoms with Gasteiger partial charge in [-0.05, 0) is 27.2 Å². The summed E-state index contributed by atoms with van der Waals surface area (Å²) in [4.78, 5) is 13.1. The molecule has 1 N–H and O–H groups in total. The van der Waals surface area contributed by atoms with E-state index in [0.29, 0.717) is 0 Å². The fourth-order valence-corrected chi connectivity index (χ4v) is 1.25. The van der Waals surface area contributed by atoms with Crippen molar-refractivity contribution < 1.29 is 14.6 Å². The fraction of sp³-hybridized carbons (Fsp3) is 0.889. The van der Waals surface area contributed by atoms with Crippen LogP contribution in [0.5, 0.6) is 0 Å². The highest BCUT2D eigenvalue weighted by Gasteiger charge is 2.36. The maximum Gasteiger partial charge on any atom is 0.323 e. The second-order valence-corrected chi connectivity index (χ2v) is 4.29. The van der Waals surface area contributed by atoms with E-state index in [1.165, 1.54) is 0 Å². The second-order valence-electron chi connectivity index (χ2n) is 4.29. The van der Waals surface area contributed by atoms with Crippen LogP contribution in [0.4, 0.5) is 0 Å². The van der Waals surface area contributed by atoms with Crippen LogP contribution in [-0.2, 0) is 9.53 Å². The minimum atomic E-state index is -0.437. The highest BCUT2D eigenvalue weighted by Crippen LogP contribution is 2.20. The van der Waals surface area contributed by atoms with E-state index in [-0.39, 0.29) is 18.7 Å². The Kier molecular flexibility index (Phi) is 2.93. The Hall–Kier alpha value is -0.610. The minimum Gasteiger partial charge on any atom is -0.459 e. The largest absolute Gasteiger partial charge is 0.459 e. The summed E-state index contributed by atoms with van der Waals surface area (Å²) >= 11 is 0. The van der Waals surface area contributed by atoms with Crippen LogP contribution in [0.3, 0.4) is 0 Å². The smallest absolute Gasteiger partial charge is 0.323 e. The summed E-state index contributed by atoms with van der Waals surface area (Å²) in [5.74, 6) is -0.229. The highest BCUT2D eigenvalue weighted by atomic mass is 16.6. The van der Waals surface area contributed by atoms with E-state index in [1.807, 2.05) is 20.8 Å². The molecular weight excluding hydrogens is 170 g/mol. The van der Waals surface area contributed by atoms with Crippen molar-refractivity contribution in [2.75, 3.05) is 13.3 Å². The van der Waals surface area contributed by atoms with Crippen molar-refractivity contribution in [2.24, 2.45) is 0 Å². The van der Waals surface area contributed by atoms with Gasteiger partial charge in [0.05, 0.1) is 6.73 Å². The molecule has 1 fully saturated rings. The summed E-state index contributed by atoms with van der Waals surface area (Å²) < 4.78 is 5.18. The molecular formula is C9H17NO3. The van der Waals surface area contributed by atoms with Crippen LogP contribution in [-0.4, -0.2) is 40.9 Å². The average molecular weight is 187 g/mol. The molecule has 1 rings (SSSR count). The molecule has 0 radical (unpaired) electrons. The molecule has 0 aliphatic carbocycles. The summed E-state index contributed by atoms with van der Waals surface area (Å²) in [6.45, 7) is 6.23. The molecule has 0 spiro atoms. The van der Waals surface area contributed by atoms with Gasteiger partial charge < -0.3 is 9.84 Å². The predicted octanol–water partition coefficient (Wildman–Crippen LogP) is 0.352. The number of aliphatic hydroxyl groups is 1. The van der Waals surface area contributed by atoms with Crippen molar-refractivity contribution in [3.63, 3.8) is 0 Å². The van der Waals surface area contributed by atoms with Gasteiger partial charge in [-0.15, -0.1) is 0 Å². The Bertz CT molecular complexity index is 196. The molecule has 13 heavy (non-hydrogen) atoms. The third-order valence-electron chi connectivity index (χ3n) is 1.99. The lowest BCUT2D eigenvalue weighted by atomic mass is 10.0. The molecule has 0 unspecified atom stereocenters. The quantitative estimate of drug-likeness (QED) is 0.634. The van der Waals surface area contributed by atoms with Gasteiger partial charge in [-0.1, -0.05) is 0 Å². The Morgan fingerprint density at radius 2 is 2.23 bits per heavy atom. The molecule has 1 atom stereocenters. The number of hydrogen-bond acceptors (Lipinski definition) is 4. The summed E-state index contributed by atoms with van der Waals surface area (Å²) in [5, 5.41) is 8.82. The topological polar surface area (TPSA) is 49.8 Å². The van der Waals surface area contributed by atoms with Crippen molar-refractivity contribution in [3.05, 3.63) is 0 Å². The summed E-state index contributed by atoms with van der Waals surface area (Å²) in [5.41, 5.74) is -0.437. The molecule has 4 nitrogen and oxygen atoms in total. The second kappa shape index (κ2) is 3.64. The minimum absolute atomic E-state index is 0.0656. The zero-order chi connectivity index (χ0) is 10.1. The van der Waals surface area contributed by atoms with E-state index in [0.717, 1.165) is 13.0 Å². The maximum absolute atomic E-state index is 11.4. The van der Waals surface area contributed by atoms with E-state index in [1.54, 1.807) is 4.90 Å². The summed E-state index contributed by atoms with van der Waals surface area (Å²) in [6.07, 6.45) is 0.787. The number of aliphatic hydroxyl groups excluding tert-OH is 1. The number of carbonyl (C=O) groups excluding carboxylic acids is 1. The molecule has 0 saturated carbocycles. The molecule has 0 amide bonds. The number of nitrogens with zero attached hydrogens (tertiary/aromatic N) is 1. The maximum atomic E-state index is 11.4. The van der Waals surface area contributed by atoms with Crippen LogP contribution in [0.15, 0.2) is 0 Å². The molecule has 4 heteroatoms. The fourth-order valence-electron chi connectivity index (χ4n) is 1.25. The molecule has 0 bridgehead atoms. The molecule has 76 valence electrons. The Balaban J connectivity index is 2.40. The summed E-state index contributed by atoms with van der Waals surface area (Å²) in [7, 11) is 0. The first-order chi connectivity index (χ1) is 5.94. The van der Waals surface area contributed by atoms with Gasteiger partial charge in [0.1, 0.15) is 11.6 Å². The van der Waals surface area contributed by atoms with Crippen molar-refractivity contribution in [1.82, 2.24) is 4.90 Å². The molecule has 0 aromatic heterocycles. The van der Waals surface area contributed by atoms with Crippen LogP contribution in [0, 0.1) is 0 Å². The lowest BCUT2D eigenvalue weighted by Crippen LogP contribution is -2.54. The lowest BCUT2D eigenvalue weighted by Gasteiger charge is -2.38.